The topological polar surface area (TPSA) is 134 Å². The number of nitrogens with zero attached hydrogens (tertiary/aromatic N) is 1. The number of hydrogen-bond acceptors (Lipinski definition) is 4. The highest BCUT2D eigenvalue weighted by atomic mass is 19.1. The lowest BCUT2D eigenvalue weighted by Crippen LogP contribution is -2.52. The molecular weight excluding hydrogens is 460 g/mol. The van der Waals surface area contributed by atoms with Gasteiger partial charge in [-0.2, -0.15) is 0 Å². The van der Waals surface area contributed by atoms with Crippen LogP contribution in [0.2, 0.25) is 0 Å². The Labute approximate surface area is 204 Å². The number of hydrogen-bond donors (Lipinski definition) is 4. The van der Waals surface area contributed by atoms with E-state index in [9.17, 15) is 28.0 Å². The van der Waals surface area contributed by atoms with E-state index >= 15 is 0 Å². The summed E-state index contributed by atoms with van der Waals surface area (Å²) in [7, 11) is 0. The third-order valence-corrected chi connectivity index (χ3v) is 5.49. The Morgan fingerprint density at radius 2 is 1.83 bits per heavy atom. The van der Waals surface area contributed by atoms with Gasteiger partial charge in [-0.05, 0) is 36.3 Å². The fourth-order valence-corrected chi connectivity index (χ4v) is 3.94. The standard InChI is InChI=1S/C24H35F2N5O4/c1-13(2)8-18(21(27)33)29-22(34)19-10-15(12-31(19)20(32)11-24(3,4)5)28-23(35)30-17-7-6-14(25)9-16(17)26/h6-7,9,13,15,18-19H,8,10-12H2,1-5H3,(H2,27,33)(H,29,34)(H2,28,30,35). The van der Waals surface area contributed by atoms with E-state index in [1.54, 1.807) is 0 Å². The van der Waals surface area contributed by atoms with E-state index in [-0.39, 0.29) is 42.3 Å². The minimum atomic E-state index is -0.937. The minimum Gasteiger partial charge on any atom is -0.368 e. The van der Waals surface area contributed by atoms with Crippen LogP contribution in [0, 0.1) is 23.0 Å². The van der Waals surface area contributed by atoms with Gasteiger partial charge in [-0.15, -0.1) is 0 Å². The maximum Gasteiger partial charge on any atom is 0.319 e. The molecule has 1 saturated heterocycles. The van der Waals surface area contributed by atoms with Crippen LogP contribution in [0.5, 0.6) is 0 Å². The van der Waals surface area contributed by atoms with E-state index < -0.39 is 47.6 Å². The number of halogens is 2. The summed E-state index contributed by atoms with van der Waals surface area (Å²) in [5, 5.41) is 7.58. The quantitative estimate of drug-likeness (QED) is 0.441. The number of rotatable bonds is 8. The number of anilines is 1. The Kier molecular flexibility index (Phi) is 9.17. The van der Waals surface area contributed by atoms with E-state index in [2.05, 4.69) is 16.0 Å². The van der Waals surface area contributed by atoms with Crippen LogP contribution in [0.25, 0.3) is 0 Å². The Bertz CT molecular complexity index is 964. The van der Waals surface area contributed by atoms with E-state index in [4.69, 9.17) is 5.73 Å². The minimum absolute atomic E-state index is 0.0533. The first-order valence-electron chi connectivity index (χ1n) is 11.6. The van der Waals surface area contributed by atoms with Gasteiger partial charge in [0.05, 0.1) is 11.7 Å². The molecule has 194 valence electrons. The van der Waals surface area contributed by atoms with E-state index in [0.29, 0.717) is 12.5 Å². The summed E-state index contributed by atoms with van der Waals surface area (Å²) in [6, 6.07) is -0.452. The van der Waals surface area contributed by atoms with Gasteiger partial charge in [-0.1, -0.05) is 34.6 Å². The van der Waals surface area contributed by atoms with Crippen LogP contribution in [0.4, 0.5) is 19.3 Å². The fraction of sp³-hybridized carbons (Fsp3) is 0.583. The number of nitrogens with two attached hydrogens (primary N) is 1. The van der Waals surface area contributed by atoms with Crippen LogP contribution in [-0.4, -0.2) is 53.3 Å². The van der Waals surface area contributed by atoms with Crippen molar-refractivity contribution in [1.82, 2.24) is 15.5 Å². The van der Waals surface area contributed by atoms with Gasteiger partial charge in [-0.25, -0.2) is 13.6 Å². The van der Waals surface area contributed by atoms with Gasteiger partial charge in [0.15, 0.2) is 0 Å². The third-order valence-electron chi connectivity index (χ3n) is 5.49. The molecule has 9 nitrogen and oxygen atoms in total. The van der Waals surface area contributed by atoms with Crippen molar-refractivity contribution >= 4 is 29.4 Å². The zero-order chi connectivity index (χ0) is 26.5. The molecule has 0 radical (unpaired) electrons. The number of primary amides is 1. The molecule has 0 saturated carbocycles. The molecule has 2 rings (SSSR count). The van der Waals surface area contributed by atoms with E-state index in [1.165, 1.54) is 4.90 Å². The second-order valence-corrected chi connectivity index (χ2v) is 10.5. The van der Waals surface area contributed by atoms with Crippen molar-refractivity contribution in [2.75, 3.05) is 11.9 Å². The maximum absolute atomic E-state index is 13.9. The molecule has 1 fully saturated rings. The first-order chi connectivity index (χ1) is 16.2. The largest absolute Gasteiger partial charge is 0.368 e. The highest BCUT2D eigenvalue weighted by Crippen LogP contribution is 2.26. The second-order valence-electron chi connectivity index (χ2n) is 10.5. The molecule has 0 spiro atoms. The molecule has 5 amide bonds. The number of carbonyl (C=O) groups is 4. The lowest BCUT2D eigenvalue weighted by Gasteiger charge is -2.28. The molecule has 35 heavy (non-hydrogen) atoms. The Hall–Kier alpha value is -3.24. The first-order valence-corrected chi connectivity index (χ1v) is 11.6. The lowest BCUT2D eigenvalue weighted by atomic mass is 9.91. The summed E-state index contributed by atoms with van der Waals surface area (Å²) in [6.45, 7) is 9.50. The van der Waals surface area contributed by atoms with Gasteiger partial charge in [0, 0.05) is 19.0 Å². The molecule has 1 aliphatic heterocycles. The van der Waals surface area contributed by atoms with Gasteiger partial charge in [0.1, 0.15) is 23.7 Å². The average molecular weight is 496 g/mol. The normalized spacial score (nSPS) is 18.8. The molecule has 3 unspecified atom stereocenters. The van der Waals surface area contributed by atoms with Crippen LogP contribution < -0.4 is 21.7 Å². The van der Waals surface area contributed by atoms with E-state index in [1.807, 2.05) is 34.6 Å². The van der Waals surface area contributed by atoms with Crippen molar-refractivity contribution in [3.05, 3.63) is 29.8 Å². The molecule has 5 N–H and O–H groups in total. The SMILES string of the molecule is CC(C)CC(NC(=O)C1CC(NC(=O)Nc2ccc(F)cc2F)CN1C(=O)CC(C)(C)C)C(N)=O. The Balaban J connectivity index is 2.15. The Morgan fingerprint density at radius 1 is 1.17 bits per heavy atom. The number of amides is 5. The van der Waals surface area contributed by atoms with Crippen molar-refractivity contribution in [2.24, 2.45) is 17.1 Å². The third kappa shape index (κ3) is 8.48. The highest BCUT2D eigenvalue weighted by molar-refractivity contribution is 5.93. The molecule has 3 atom stereocenters. The number of urea groups is 1. The smallest absolute Gasteiger partial charge is 0.319 e. The summed E-state index contributed by atoms with van der Waals surface area (Å²) < 4.78 is 27.0. The van der Waals surface area contributed by atoms with Crippen LogP contribution >= 0.6 is 0 Å². The molecular formula is C24H35F2N5O4. The summed E-state index contributed by atoms with van der Waals surface area (Å²) in [5.41, 5.74) is 4.89. The summed E-state index contributed by atoms with van der Waals surface area (Å²) in [6.07, 6.45) is 0.604. The van der Waals surface area contributed by atoms with Crippen LogP contribution in [0.3, 0.4) is 0 Å². The van der Waals surface area contributed by atoms with Crippen LogP contribution in [0.1, 0.15) is 53.9 Å². The molecule has 1 aromatic carbocycles. The molecule has 1 heterocycles. The summed E-state index contributed by atoms with van der Waals surface area (Å²) in [4.78, 5) is 51.8. The second kappa shape index (κ2) is 11.5. The summed E-state index contributed by atoms with van der Waals surface area (Å²) >= 11 is 0. The zero-order valence-corrected chi connectivity index (χ0v) is 20.8. The predicted octanol–water partition coefficient (Wildman–Crippen LogP) is 2.51. The van der Waals surface area contributed by atoms with Crippen molar-refractivity contribution in [3.8, 4) is 0 Å². The lowest BCUT2D eigenvalue weighted by molar-refractivity contribution is -0.140. The summed E-state index contributed by atoms with van der Waals surface area (Å²) in [5.74, 6) is -3.10. The van der Waals surface area contributed by atoms with Gasteiger partial charge in [0.2, 0.25) is 17.7 Å². The molecule has 0 bridgehead atoms. The first kappa shape index (κ1) is 28.0. The number of nitrogens with one attached hydrogen (secondary N) is 3. The van der Waals surface area contributed by atoms with Gasteiger partial charge >= 0.3 is 6.03 Å². The average Bonchev–Trinajstić information content (AvgIpc) is 3.12. The van der Waals surface area contributed by atoms with Crippen LogP contribution in [0.15, 0.2) is 18.2 Å². The predicted molar refractivity (Wildman–Crippen MR) is 127 cm³/mol. The molecule has 0 aromatic heterocycles. The molecule has 11 heteroatoms. The molecule has 1 aromatic rings. The van der Waals surface area contributed by atoms with Gasteiger partial charge < -0.3 is 26.6 Å². The molecule has 0 aliphatic carbocycles. The van der Waals surface area contributed by atoms with Gasteiger partial charge in [0.25, 0.3) is 0 Å². The van der Waals surface area contributed by atoms with Crippen molar-refractivity contribution in [2.45, 2.75) is 72.0 Å². The van der Waals surface area contributed by atoms with Crippen LogP contribution in [-0.2, 0) is 14.4 Å². The van der Waals surface area contributed by atoms with Crippen molar-refractivity contribution in [1.29, 1.82) is 0 Å². The highest BCUT2D eigenvalue weighted by Gasteiger charge is 2.41. The number of carbonyl (C=O) groups excluding carboxylic acids is 4. The maximum atomic E-state index is 13.9. The zero-order valence-electron chi connectivity index (χ0n) is 20.8. The van der Waals surface area contributed by atoms with Crippen molar-refractivity contribution < 1.29 is 28.0 Å². The monoisotopic (exact) mass is 495 g/mol. The number of likely N-dealkylation sites (tertiary alicyclic amines) is 1. The van der Waals surface area contributed by atoms with E-state index in [0.717, 1.165) is 12.1 Å². The van der Waals surface area contributed by atoms with Crippen molar-refractivity contribution in [3.63, 3.8) is 0 Å². The fourth-order valence-electron chi connectivity index (χ4n) is 3.94. The Morgan fingerprint density at radius 3 is 2.37 bits per heavy atom. The van der Waals surface area contributed by atoms with Gasteiger partial charge in [-0.3, -0.25) is 14.4 Å². The number of benzene rings is 1. The molecule has 1 aliphatic rings.